The SMILES string of the molecule is CCc1cnc(N)nc1NC[C@@H](O)CN(C)C. The molecule has 0 saturated heterocycles. The topological polar surface area (TPSA) is 87.3 Å². The number of anilines is 2. The number of nitrogens with one attached hydrogen (secondary N) is 1. The van der Waals surface area contributed by atoms with Crippen molar-refractivity contribution in [2.45, 2.75) is 19.4 Å². The highest BCUT2D eigenvalue weighted by atomic mass is 16.3. The van der Waals surface area contributed by atoms with E-state index in [4.69, 9.17) is 5.73 Å². The second-order valence-corrected chi connectivity index (χ2v) is 4.25. The van der Waals surface area contributed by atoms with Crippen LogP contribution in [0.25, 0.3) is 0 Å². The van der Waals surface area contributed by atoms with E-state index < -0.39 is 6.10 Å². The number of nitrogen functional groups attached to an aromatic ring is 1. The zero-order valence-electron chi connectivity index (χ0n) is 10.6. The Morgan fingerprint density at radius 1 is 1.53 bits per heavy atom. The maximum Gasteiger partial charge on any atom is 0.221 e. The summed E-state index contributed by atoms with van der Waals surface area (Å²) in [4.78, 5) is 10.00. The lowest BCUT2D eigenvalue weighted by atomic mass is 10.2. The van der Waals surface area contributed by atoms with Gasteiger partial charge in [-0.2, -0.15) is 4.98 Å². The molecule has 0 aliphatic carbocycles. The molecule has 0 bridgehead atoms. The highest BCUT2D eigenvalue weighted by molar-refractivity contribution is 5.46. The zero-order valence-corrected chi connectivity index (χ0v) is 10.6. The minimum atomic E-state index is -0.439. The average molecular weight is 239 g/mol. The zero-order chi connectivity index (χ0) is 12.8. The molecule has 1 heterocycles. The fourth-order valence-corrected chi connectivity index (χ4v) is 1.53. The first-order valence-corrected chi connectivity index (χ1v) is 5.71. The van der Waals surface area contributed by atoms with Gasteiger partial charge in [0.15, 0.2) is 0 Å². The van der Waals surface area contributed by atoms with Gasteiger partial charge in [-0.15, -0.1) is 0 Å². The minimum Gasteiger partial charge on any atom is -0.390 e. The minimum absolute atomic E-state index is 0.242. The molecule has 17 heavy (non-hydrogen) atoms. The number of rotatable bonds is 6. The van der Waals surface area contributed by atoms with Gasteiger partial charge in [0, 0.05) is 24.8 Å². The smallest absolute Gasteiger partial charge is 0.221 e. The van der Waals surface area contributed by atoms with E-state index in [1.54, 1.807) is 6.20 Å². The van der Waals surface area contributed by atoms with Crippen molar-refractivity contribution in [2.75, 3.05) is 38.2 Å². The first kappa shape index (κ1) is 13.7. The van der Waals surface area contributed by atoms with Gasteiger partial charge in [0.1, 0.15) is 5.82 Å². The van der Waals surface area contributed by atoms with E-state index in [-0.39, 0.29) is 5.95 Å². The van der Waals surface area contributed by atoms with Crippen molar-refractivity contribution in [1.29, 1.82) is 0 Å². The van der Waals surface area contributed by atoms with Crippen LogP contribution in [-0.2, 0) is 6.42 Å². The largest absolute Gasteiger partial charge is 0.390 e. The lowest BCUT2D eigenvalue weighted by Gasteiger charge is -2.17. The molecule has 96 valence electrons. The van der Waals surface area contributed by atoms with Gasteiger partial charge in [-0.3, -0.25) is 0 Å². The van der Waals surface area contributed by atoms with Gasteiger partial charge in [-0.25, -0.2) is 4.98 Å². The van der Waals surface area contributed by atoms with Gasteiger partial charge in [0.05, 0.1) is 6.10 Å². The normalized spacial score (nSPS) is 12.8. The van der Waals surface area contributed by atoms with Gasteiger partial charge in [0.2, 0.25) is 5.95 Å². The summed E-state index contributed by atoms with van der Waals surface area (Å²) in [5.41, 5.74) is 6.53. The number of likely N-dealkylation sites (N-methyl/N-ethyl adjacent to an activating group) is 1. The Hall–Kier alpha value is -1.40. The Morgan fingerprint density at radius 3 is 2.82 bits per heavy atom. The van der Waals surface area contributed by atoms with Crippen LogP contribution in [0.15, 0.2) is 6.20 Å². The number of aliphatic hydroxyl groups is 1. The second-order valence-electron chi connectivity index (χ2n) is 4.25. The molecule has 4 N–H and O–H groups in total. The molecule has 0 unspecified atom stereocenters. The van der Waals surface area contributed by atoms with Gasteiger partial charge < -0.3 is 21.1 Å². The Labute approximate surface area is 102 Å². The van der Waals surface area contributed by atoms with Crippen molar-refractivity contribution in [3.63, 3.8) is 0 Å². The second kappa shape index (κ2) is 6.36. The standard InChI is InChI=1S/C11H21N5O/c1-4-8-5-14-11(12)15-10(8)13-6-9(17)7-16(2)3/h5,9,17H,4,6-7H2,1-3H3,(H3,12,13,14,15)/t9-/m1/s1. The Bertz CT molecular complexity index is 356. The number of hydrogen-bond donors (Lipinski definition) is 3. The van der Waals surface area contributed by atoms with Crippen LogP contribution in [0.5, 0.6) is 0 Å². The molecule has 1 atom stereocenters. The van der Waals surface area contributed by atoms with E-state index in [0.717, 1.165) is 12.0 Å². The number of aromatic nitrogens is 2. The number of aliphatic hydroxyl groups excluding tert-OH is 1. The molecular weight excluding hydrogens is 218 g/mol. The number of nitrogens with two attached hydrogens (primary N) is 1. The van der Waals surface area contributed by atoms with Crippen molar-refractivity contribution >= 4 is 11.8 Å². The molecule has 1 rings (SSSR count). The third kappa shape index (κ3) is 4.54. The molecule has 6 nitrogen and oxygen atoms in total. The fourth-order valence-electron chi connectivity index (χ4n) is 1.53. The van der Waals surface area contributed by atoms with Gasteiger partial charge in [0.25, 0.3) is 0 Å². The number of aryl methyl sites for hydroxylation is 1. The van der Waals surface area contributed by atoms with Gasteiger partial charge in [-0.1, -0.05) is 6.92 Å². The predicted molar refractivity (Wildman–Crippen MR) is 68.9 cm³/mol. The Morgan fingerprint density at radius 2 is 2.24 bits per heavy atom. The number of hydrogen-bond acceptors (Lipinski definition) is 6. The fraction of sp³-hybridized carbons (Fsp3) is 0.636. The van der Waals surface area contributed by atoms with Crippen LogP contribution in [0.1, 0.15) is 12.5 Å². The average Bonchev–Trinajstić information content (AvgIpc) is 2.25. The third-order valence-corrected chi connectivity index (χ3v) is 2.35. The molecule has 0 aromatic carbocycles. The Kier molecular flexibility index (Phi) is 5.11. The van der Waals surface area contributed by atoms with E-state index in [0.29, 0.717) is 18.9 Å². The third-order valence-electron chi connectivity index (χ3n) is 2.35. The summed E-state index contributed by atoms with van der Waals surface area (Å²) < 4.78 is 0. The summed E-state index contributed by atoms with van der Waals surface area (Å²) in [5, 5.41) is 12.8. The quantitative estimate of drug-likeness (QED) is 0.645. The molecule has 1 aromatic rings. The monoisotopic (exact) mass is 239 g/mol. The Balaban J connectivity index is 2.58. The predicted octanol–water partition coefficient (Wildman–Crippen LogP) is -0.0444. The molecule has 0 radical (unpaired) electrons. The lowest BCUT2D eigenvalue weighted by Crippen LogP contribution is -2.31. The van der Waals surface area contributed by atoms with Gasteiger partial charge >= 0.3 is 0 Å². The summed E-state index contributed by atoms with van der Waals surface area (Å²) in [7, 11) is 3.84. The highest BCUT2D eigenvalue weighted by Crippen LogP contribution is 2.12. The van der Waals surface area contributed by atoms with Crippen molar-refractivity contribution in [2.24, 2.45) is 0 Å². The maximum absolute atomic E-state index is 9.73. The molecule has 0 spiro atoms. The van der Waals surface area contributed by atoms with Crippen LogP contribution < -0.4 is 11.1 Å². The molecule has 0 amide bonds. The van der Waals surface area contributed by atoms with E-state index in [9.17, 15) is 5.11 Å². The first-order chi connectivity index (χ1) is 8.02. The van der Waals surface area contributed by atoms with Crippen molar-refractivity contribution < 1.29 is 5.11 Å². The first-order valence-electron chi connectivity index (χ1n) is 5.71. The van der Waals surface area contributed by atoms with E-state index in [1.165, 1.54) is 0 Å². The molecular formula is C11H21N5O. The highest BCUT2D eigenvalue weighted by Gasteiger charge is 2.08. The number of nitrogens with zero attached hydrogens (tertiary/aromatic N) is 3. The molecule has 0 saturated carbocycles. The molecule has 0 aliphatic rings. The van der Waals surface area contributed by atoms with E-state index in [2.05, 4.69) is 15.3 Å². The summed E-state index contributed by atoms with van der Waals surface area (Å²) in [5.74, 6) is 0.949. The summed E-state index contributed by atoms with van der Waals surface area (Å²) in [6.07, 6.45) is 2.10. The van der Waals surface area contributed by atoms with Crippen LogP contribution in [0.3, 0.4) is 0 Å². The summed E-state index contributed by atoms with van der Waals surface area (Å²) in [6.45, 7) is 3.08. The van der Waals surface area contributed by atoms with E-state index >= 15 is 0 Å². The lowest BCUT2D eigenvalue weighted by molar-refractivity contribution is 0.148. The van der Waals surface area contributed by atoms with Crippen molar-refractivity contribution in [3.05, 3.63) is 11.8 Å². The summed E-state index contributed by atoms with van der Waals surface area (Å²) in [6, 6.07) is 0. The van der Waals surface area contributed by atoms with Crippen LogP contribution in [-0.4, -0.2) is 53.3 Å². The maximum atomic E-state index is 9.73. The molecule has 1 aromatic heterocycles. The van der Waals surface area contributed by atoms with Crippen LogP contribution >= 0.6 is 0 Å². The van der Waals surface area contributed by atoms with Crippen molar-refractivity contribution in [1.82, 2.24) is 14.9 Å². The summed E-state index contributed by atoms with van der Waals surface area (Å²) >= 11 is 0. The van der Waals surface area contributed by atoms with Crippen molar-refractivity contribution in [3.8, 4) is 0 Å². The van der Waals surface area contributed by atoms with E-state index in [1.807, 2.05) is 25.9 Å². The molecule has 0 aliphatic heterocycles. The van der Waals surface area contributed by atoms with Crippen LogP contribution in [0.4, 0.5) is 11.8 Å². The van der Waals surface area contributed by atoms with Crippen LogP contribution in [0, 0.1) is 0 Å². The van der Waals surface area contributed by atoms with Crippen LogP contribution in [0.2, 0.25) is 0 Å². The molecule has 6 heteroatoms. The van der Waals surface area contributed by atoms with Gasteiger partial charge in [-0.05, 0) is 20.5 Å². The molecule has 0 fully saturated rings.